The number of halogens is 3. The molecule has 0 radical (unpaired) electrons. The second-order valence-electron chi connectivity index (χ2n) is 6.45. The fourth-order valence-electron chi connectivity index (χ4n) is 2.67. The van der Waals surface area contributed by atoms with E-state index in [1.807, 2.05) is 0 Å². The molecule has 1 heterocycles. The topological polar surface area (TPSA) is 85.6 Å². The molecule has 0 aliphatic carbocycles. The van der Waals surface area contributed by atoms with Crippen LogP contribution in [0.3, 0.4) is 0 Å². The number of carbonyl (C=O) groups excluding carboxylic acids is 3. The van der Waals surface area contributed by atoms with Gasteiger partial charge in [0.05, 0.1) is 12.0 Å². The highest BCUT2D eigenvalue weighted by molar-refractivity contribution is 5.98. The smallest absolute Gasteiger partial charge is 0.416 e. The number of esters is 1. The van der Waals surface area contributed by atoms with Crippen molar-refractivity contribution in [2.24, 2.45) is 0 Å². The van der Waals surface area contributed by atoms with Gasteiger partial charge in [0, 0.05) is 5.56 Å². The Morgan fingerprint density at radius 2 is 1.65 bits per heavy atom. The number of nitrogens with one attached hydrogen (secondary N) is 1. The highest BCUT2D eigenvalue weighted by Crippen LogP contribution is 2.32. The van der Waals surface area contributed by atoms with Crippen molar-refractivity contribution >= 4 is 17.8 Å². The zero-order chi connectivity index (χ0) is 22.4. The number of hydrogen-bond donors (Lipinski definition) is 1. The molecule has 1 aromatic heterocycles. The lowest BCUT2D eigenvalue weighted by molar-refractivity contribution is -0.137. The molecule has 0 bridgehead atoms. The minimum Gasteiger partial charge on any atom is -0.450 e. The van der Waals surface area contributed by atoms with E-state index in [-0.39, 0.29) is 23.5 Å². The maximum atomic E-state index is 12.8. The molecule has 2 aromatic carbocycles. The number of rotatable bonds is 6. The number of amides is 2. The minimum atomic E-state index is -4.52. The van der Waals surface area contributed by atoms with Crippen LogP contribution in [0.2, 0.25) is 0 Å². The van der Waals surface area contributed by atoms with Gasteiger partial charge in [-0.05, 0) is 29.8 Å². The first kappa shape index (κ1) is 21.8. The zero-order valence-electron chi connectivity index (χ0n) is 15.9. The Balaban J connectivity index is 1.54. The van der Waals surface area contributed by atoms with Gasteiger partial charge >= 0.3 is 12.1 Å². The Morgan fingerprint density at radius 3 is 2.35 bits per heavy atom. The summed E-state index contributed by atoms with van der Waals surface area (Å²) >= 11 is 0. The van der Waals surface area contributed by atoms with E-state index in [9.17, 15) is 27.6 Å². The van der Waals surface area contributed by atoms with E-state index >= 15 is 0 Å². The largest absolute Gasteiger partial charge is 0.450 e. The number of furan rings is 1. The molecule has 3 aromatic rings. The van der Waals surface area contributed by atoms with Crippen LogP contribution in [0.5, 0.6) is 0 Å². The van der Waals surface area contributed by atoms with E-state index in [0.717, 1.165) is 12.1 Å². The van der Waals surface area contributed by atoms with Crippen molar-refractivity contribution in [3.05, 3.63) is 83.6 Å². The van der Waals surface area contributed by atoms with Crippen molar-refractivity contribution in [3.8, 4) is 11.3 Å². The third kappa shape index (κ3) is 6.05. The molecule has 0 saturated carbocycles. The van der Waals surface area contributed by atoms with Gasteiger partial charge in [0.1, 0.15) is 5.76 Å². The molecule has 0 aliphatic heterocycles. The van der Waals surface area contributed by atoms with Crippen LogP contribution < -0.4 is 5.32 Å². The lowest BCUT2D eigenvalue weighted by atomic mass is 10.1. The molecule has 0 spiro atoms. The standard InChI is InChI=1S/C22H16F3NO5/c23-22(24,25)16-8-4-7-15(12-16)17-9-10-18(31-17)21(29)30-13-20(28)26-19(27)11-14-5-2-1-3-6-14/h1-10,12H,11,13H2,(H,26,27,28). The van der Waals surface area contributed by atoms with Crippen molar-refractivity contribution in [2.75, 3.05) is 6.61 Å². The van der Waals surface area contributed by atoms with Crippen molar-refractivity contribution in [1.82, 2.24) is 5.32 Å². The molecule has 0 fully saturated rings. The summed E-state index contributed by atoms with van der Waals surface area (Å²) < 4.78 is 48.6. The third-order valence-electron chi connectivity index (χ3n) is 4.10. The molecule has 31 heavy (non-hydrogen) atoms. The molecule has 9 heteroatoms. The number of carbonyl (C=O) groups is 3. The van der Waals surface area contributed by atoms with Gasteiger partial charge in [-0.1, -0.05) is 42.5 Å². The summed E-state index contributed by atoms with van der Waals surface area (Å²) in [6.45, 7) is -0.723. The Hall–Kier alpha value is -3.88. The van der Waals surface area contributed by atoms with E-state index < -0.39 is 36.1 Å². The number of hydrogen-bond acceptors (Lipinski definition) is 5. The molecular formula is C22H16F3NO5. The molecule has 6 nitrogen and oxygen atoms in total. The summed E-state index contributed by atoms with van der Waals surface area (Å²) in [5.41, 5.74) is -0.0250. The van der Waals surface area contributed by atoms with Crippen LogP contribution in [0.4, 0.5) is 13.2 Å². The minimum absolute atomic E-state index is 0.0148. The van der Waals surface area contributed by atoms with Gasteiger partial charge in [0.15, 0.2) is 6.61 Å². The van der Waals surface area contributed by atoms with Gasteiger partial charge in [-0.3, -0.25) is 14.9 Å². The third-order valence-corrected chi connectivity index (χ3v) is 4.10. The van der Waals surface area contributed by atoms with Crippen LogP contribution >= 0.6 is 0 Å². The van der Waals surface area contributed by atoms with Gasteiger partial charge in [0.25, 0.3) is 5.91 Å². The highest BCUT2D eigenvalue weighted by Gasteiger charge is 2.30. The molecule has 2 amide bonds. The number of imide groups is 1. The fraction of sp³-hybridized carbons (Fsp3) is 0.136. The quantitative estimate of drug-likeness (QED) is 0.596. The van der Waals surface area contributed by atoms with Gasteiger partial charge in [-0.25, -0.2) is 4.79 Å². The zero-order valence-corrected chi connectivity index (χ0v) is 15.9. The maximum Gasteiger partial charge on any atom is 0.416 e. The van der Waals surface area contributed by atoms with Crippen molar-refractivity contribution < 1.29 is 36.7 Å². The van der Waals surface area contributed by atoms with Crippen molar-refractivity contribution in [1.29, 1.82) is 0 Å². The van der Waals surface area contributed by atoms with Gasteiger partial charge in [0.2, 0.25) is 11.7 Å². The predicted molar refractivity (Wildman–Crippen MR) is 103 cm³/mol. The van der Waals surface area contributed by atoms with Crippen molar-refractivity contribution in [3.63, 3.8) is 0 Å². The van der Waals surface area contributed by atoms with E-state index in [1.165, 1.54) is 24.3 Å². The van der Waals surface area contributed by atoms with Crippen LogP contribution in [-0.2, 0) is 26.9 Å². The monoisotopic (exact) mass is 431 g/mol. The van der Waals surface area contributed by atoms with Crippen LogP contribution in [-0.4, -0.2) is 24.4 Å². The SMILES string of the molecule is O=C(COC(=O)c1ccc(-c2cccc(C(F)(F)F)c2)o1)NC(=O)Cc1ccccc1. The van der Waals surface area contributed by atoms with E-state index in [1.54, 1.807) is 30.3 Å². The molecule has 0 aliphatic rings. The molecule has 0 atom stereocenters. The summed E-state index contributed by atoms with van der Waals surface area (Å²) in [6, 6.07) is 15.7. The molecule has 0 saturated heterocycles. The van der Waals surface area contributed by atoms with E-state index in [4.69, 9.17) is 9.15 Å². The number of ether oxygens (including phenoxy) is 1. The second-order valence-corrected chi connectivity index (χ2v) is 6.45. The number of benzene rings is 2. The Bertz CT molecular complexity index is 1090. The van der Waals surface area contributed by atoms with E-state index in [2.05, 4.69) is 5.32 Å². The lowest BCUT2D eigenvalue weighted by Crippen LogP contribution is -2.35. The van der Waals surface area contributed by atoms with Crippen LogP contribution in [0.25, 0.3) is 11.3 Å². The summed E-state index contributed by atoms with van der Waals surface area (Å²) in [6.07, 6.45) is -4.53. The first-order valence-electron chi connectivity index (χ1n) is 9.03. The second kappa shape index (κ2) is 9.29. The average molecular weight is 431 g/mol. The van der Waals surface area contributed by atoms with Gasteiger partial charge in [-0.2, -0.15) is 13.2 Å². The summed E-state index contributed by atoms with van der Waals surface area (Å²) in [4.78, 5) is 35.7. The Kier molecular flexibility index (Phi) is 6.54. The molecule has 1 N–H and O–H groups in total. The summed E-state index contributed by atoms with van der Waals surface area (Å²) in [5, 5.41) is 2.09. The molecular weight excluding hydrogens is 415 g/mol. The summed E-state index contributed by atoms with van der Waals surface area (Å²) in [7, 11) is 0. The van der Waals surface area contributed by atoms with Crippen LogP contribution in [0.15, 0.2) is 71.1 Å². The first-order valence-corrected chi connectivity index (χ1v) is 9.03. The molecule has 0 unspecified atom stereocenters. The molecule has 3 rings (SSSR count). The number of alkyl halides is 3. The highest BCUT2D eigenvalue weighted by atomic mass is 19.4. The predicted octanol–water partition coefficient (Wildman–Crippen LogP) is 4.01. The van der Waals surface area contributed by atoms with Crippen molar-refractivity contribution in [2.45, 2.75) is 12.6 Å². The molecule has 160 valence electrons. The van der Waals surface area contributed by atoms with Crippen LogP contribution in [0.1, 0.15) is 21.7 Å². The Morgan fingerprint density at radius 1 is 0.903 bits per heavy atom. The first-order chi connectivity index (χ1) is 14.7. The van der Waals surface area contributed by atoms with Crippen LogP contribution in [0, 0.1) is 0 Å². The lowest BCUT2D eigenvalue weighted by Gasteiger charge is -2.07. The summed E-state index contributed by atoms with van der Waals surface area (Å²) in [5.74, 6) is -2.64. The normalized spacial score (nSPS) is 11.1. The van der Waals surface area contributed by atoms with Gasteiger partial charge < -0.3 is 9.15 Å². The Labute approximate surface area is 174 Å². The van der Waals surface area contributed by atoms with Gasteiger partial charge in [-0.15, -0.1) is 0 Å². The maximum absolute atomic E-state index is 12.8. The van der Waals surface area contributed by atoms with E-state index in [0.29, 0.717) is 5.56 Å². The average Bonchev–Trinajstić information content (AvgIpc) is 3.22. The fourth-order valence-corrected chi connectivity index (χ4v) is 2.67.